The zero-order valence-electron chi connectivity index (χ0n) is 11.1. The zero-order chi connectivity index (χ0) is 13.9. The van der Waals surface area contributed by atoms with Crippen molar-refractivity contribution in [3.63, 3.8) is 0 Å². The predicted octanol–water partition coefficient (Wildman–Crippen LogP) is 4.76. The fraction of sp³-hybridized carbons (Fsp3) is 0.188. The third-order valence-electron chi connectivity index (χ3n) is 3.31. The van der Waals surface area contributed by atoms with Gasteiger partial charge >= 0.3 is 0 Å². The van der Waals surface area contributed by atoms with Crippen molar-refractivity contribution in [2.75, 3.05) is 6.54 Å². The molecule has 0 amide bonds. The van der Waals surface area contributed by atoms with Gasteiger partial charge in [-0.25, -0.2) is 0 Å². The smallest absolute Gasteiger partial charge is 0.0702 e. The largest absolute Gasteiger partial charge is 0.306 e. The standard InChI is InChI=1S/C16H15BrN2S/c1-2-19-16(14-6-7-15(17)20-14)13-5-3-4-11-10-18-9-8-12(11)13/h3-10,16,19H,2H2,1H3. The molecule has 0 fully saturated rings. The maximum absolute atomic E-state index is 4.21. The molecule has 0 spiro atoms. The summed E-state index contributed by atoms with van der Waals surface area (Å²) in [7, 11) is 0. The van der Waals surface area contributed by atoms with E-state index in [9.17, 15) is 0 Å². The second-order valence-corrected chi connectivity index (χ2v) is 7.07. The number of aromatic nitrogens is 1. The normalized spacial score (nSPS) is 12.7. The summed E-state index contributed by atoms with van der Waals surface area (Å²) in [5, 5.41) is 6.04. The quantitative estimate of drug-likeness (QED) is 0.736. The van der Waals surface area contributed by atoms with Gasteiger partial charge in [0.2, 0.25) is 0 Å². The van der Waals surface area contributed by atoms with Crippen LogP contribution < -0.4 is 5.32 Å². The minimum atomic E-state index is 0.224. The van der Waals surface area contributed by atoms with Crippen molar-refractivity contribution in [2.24, 2.45) is 0 Å². The molecule has 2 nitrogen and oxygen atoms in total. The molecule has 0 saturated carbocycles. The van der Waals surface area contributed by atoms with E-state index < -0.39 is 0 Å². The molecule has 20 heavy (non-hydrogen) atoms. The molecule has 0 aliphatic rings. The van der Waals surface area contributed by atoms with Crippen LogP contribution in [-0.4, -0.2) is 11.5 Å². The van der Waals surface area contributed by atoms with Crippen LogP contribution in [0.4, 0.5) is 0 Å². The van der Waals surface area contributed by atoms with Crippen molar-refractivity contribution >= 4 is 38.0 Å². The second-order valence-electron chi connectivity index (χ2n) is 4.58. The third kappa shape index (κ3) is 2.64. The van der Waals surface area contributed by atoms with Crippen LogP contribution in [0.5, 0.6) is 0 Å². The van der Waals surface area contributed by atoms with Crippen LogP contribution in [-0.2, 0) is 0 Å². The average molecular weight is 347 g/mol. The first-order valence-electron chi connectivity index (χ1n) is 6.61. The first-order valence-corrected chi connectivity index (χ1v) is 8.22. The summed E-state index contributed by atoms with van der Waals surface area (Å²) in [5.74, 6) is 0. The lowest BCUT2D eigenvalue weighted by Gasteiger charge is -2.19. The second kappa shape index (κ2) is 6.04. The molecule has 2 aromatic heterocycles. The topological polar surface area (TPSA) is 24.9 Å². The van der Waals surface area contributed by atoms with Gasteiger partial charge in [0.05, 0.1) is 9.83 Å². The Morgan fingerprint density at radius 2 is 2.15 bits per heavy atom. The predicted molar refractivity (Wildman–Crippen MR) is 89.3 cm³/mol. The summed E-state index contributed by atoms with van der Waals surface area (Å²) >= 11 is 5.33. The molecular formula is C16H15BrN2S. The highest BCUT2D eigenvalue weighted by Gasteiger charge is 2.17. The summed E-state index contributed by atoms with van der Waals surface area (Å²) in [6.07, 6.45) is 3.78. The zero-order valence-corrected chi connectivity index (χ0v) is 13.5. The Kier molecular flexibility index (Phi) is 4.15. The molecule has 3 rings (SSSR count). The molecule has 1 aromatic carbocycles. The molecule has 1 atom stereocenters. The molecule has 2 heterocycles. The van der Waals surface area contributed by atoms with Gasteiger partial charge in [0.15, 0.2) is 0 Å². The number of fused-ring (bicyclic) bond motifs is 1. The van der Waals surface area contributed by atoms with Gasteiger partial charge in [-0.1, -0.05) is 25.1 Å². The Balaban J connectivity index is 2.14. The minimum Gasteiger partial charge on any atom is -0.306 e. The lowest BCUT2D eigenvalue weighted by molar-refractivity contribution is 0.643. The van der Waals surface area contributed by atoms with E-state index in [1.807, 2.05) is 12.4 Å². The van der Waals surface area contributed by atoms with Gasteiger partial charge in [0.1, 0.15) is 0 Å². The van der Waals surface area contributed by atoms with E-state index in [0.717, 1.165) is 10.3 Å². The highest BCUT2D eigenvalue weighted by atomic mass is 79.9. The first kappa shape index (κ1) is 13.7. The number of hydrogen-bond donors (Lipinski definition) is 1. The summed E-state index contributed by atoms with van der Waals surface area (Å²) in [6, 6.07) is 13.0. The molecule has 0 bridgehead atoms. The van der Waals surface area contributed by atoms with Gasteiger partial charge in [0.25, 0.3) is 0 Å². The lowest BCUT2D eigenvalue weighted by Crippen LogP contribution is -2.21. The molecule has 4 heteroatoms. The Morgan fingerprint density at radius 1 is 1.25 bits per heavy atom. The van der Waals surface area contributed by atoms with E-state index in [4.69, 9.17) is 0 Å². The number of hydrogen-bond acceptors (Lipinski definition) is 3. The Labute approximate surface area is 131 Å². The van der Waals surface area contributed by atoms with E-state index in [-0.39, 0.29) is 6.04 Å². The highest BCUT2D eigenvalue weighted by Crippen LogP contribution is 2.34. The van der Waals surface area contributed by atoms with E-state index in [0.29, 0.717) is 0 Å². The van der Waals surface area contributed by atoms with E-state index in [2.05, 4.69) is 69.6 Å². The van der Waals surface area contributed by atoms with E-state index >= 15 is 0 Å². The van der Waals surface area contributed by atoms with Crippen LogP contribution >= 0.6 is 27.3 Å². The number of rotatable bonds is 4. The molecule has 1 unspecified atom stereocenters. The Hall–Kier alpha value is -1.23. The van der Waals surface area contributed by atoms with Gasteiger partial charge in [-0.05, 0) is 51.6 Å². The molecule has 0 saturated heterocycles. The maximum atomic E-state index is 4.21. The molecular weight excluding hydrogens is 332 g/mol. The molecule has 102 valence electrons. The van der Waals surface area contributed by atoms with Crippen molar-refractivity contribution in [1.82, 2.24) is 10.3 Å². The molecule has 0 radical (unpaired) electrons. The van der Waals surface area contributed by atoms with Crippen LogP contribution in [0.25, 0.3) is 10.8 Å². The number of benzene rings is 1. The average Bonchev–Trinajstić information content (AvgIpc) is 2.91. The lowest BCUT2D eigenvalue weighted by atomic mass is 9.99. The van der Waals surface area contributed by atoms with Crippen molar-refractivity contribution in [3.05, 3.63) is 63.0 Å². The molecule has 3 aromatic rings. The van der Waals surface area contributed by atoms with Crippen molar-refractivity contribution in [3.8, 4) is 0 Å². The van der Waals surface area contributed by atoms with Crippen LogP contribution in [0.1, 0.15) is 23.4 Å². The van der Waals surface area contributed by atoms with E-state index in [1.54, 1.807) is 11.3 Å². The summed E-state index contributed by atoms with van der Waals surface area (Å²) in [6.45, 7) is 3.07. The fourth-order valence-corrected chi connectivity index (χ4v) is 3.97. The molecule has 0 aliphatic carbocycles. The summed E-state index contributed by atoms with van der Waals surface area (Å²) in [5.41, 5.74) is 1.31. The van der Waals surface area contributed by atoms with Crippen LogP contribution in [0, 0.1) is 0 Å². The number of halogens is 1. The Bertz CT molecular complexity index is 718. The van der Waals surface area contributed by atoms with E-state index in [1.165, 1.54) is 21.2 Å². The first-order chi connectivity index (χ1) is 9.79. The van der Waals surface area contributed by atoms with Crippen molar-refractivity contribution in [2.45, 2.75) is 13.0 Å². The van der Waals surface area contributed by atoms with Crippen molar-refractivity contribution < 1.29 is 0 Å². The maximum Gasteiger partial charge on any atom is 0.0702 e. The van der Waals surface area contributed by atoms with Gasteiger partial charge in [-0.3, -0.25) is 4.98 Å². The summed E-state index contributed by atoms with van der Waals surface area (Å²) in [4.78, 5) is 5.53. The minimum absolute atomic E-state index is 0.224. The van der Waals surface area contributed by atoms with Crippen LogP contribution in [0.3, 0.4) is 0 Å². The van der Waals surface area contributed by atoms with Crippen LogP contribution in [0.2, 0.25) is 0 Å². The van der Waals surface area contributed by atoms with Gasteiger partial charge in [-0.15, -0.1) is 11.3 Å². The van der Waals surface area contributed by atoms with Crippen LogP contribution in [0.15, 0.2) is 52.6 Å². The van der Waals surface area contributed by atoms with Gasteiger partial charge < -0.3 is 5.32 Å². The number of nitrogens with one attached hydrogen (secondary N) is 1. The molecule has 1 N–H and O–H groups in total. The summed E-state index contributed by atoms with van der Waals surface area (Å²) < 4.78 is 1.16. The Morgan fingerprint density at radius 3 is 2.90 bits per heavy atom. The number of nitrogens with zero attached hydrogens (tertiary/aromatic N) is 1. The highest BCUT2D eigenvalue weighted by molar-refractivity contribution is 9.11. The van der Waals surface area contributed by atoms with Gasteiger partial charge in [-0.2, -0.15) is 0 Å². The number of pyridine rings is 1. The number of thiophene rings is 1. The monoisotopic (exact) mass is 346 g/mol. The SMILES string of the molecule is CCNC(c1ccc(Br)s1)c1cccc2cnccc12. The van der Waals surface area contributed by atoms with Crippen molar-refractivity contribution in [1.29, 1.82) is 0 Å². The molecule has 0 aliphatic heterocycles. The fourth-order valence-electron chi connectivity index (χ4n) is 2.45. The van der Waals surface area contributed by atoms with Gasteiger partial charge in [0, 0.05) is 22.7 Å². The third-order valence-corrected chi connectivity index (χ3v) is 5.00.